The van der Waals surface area contributed by atoms with Gasteiger partial charge in [0.15, 0.2) is 0 Å². The Morgan fingerprint density at radius 2 is 2.13 bits per heavy atom. The molecule has 0 spiro atoms. The van der Waals surface area contributed by atoms with E-state index in [1.807, 2.05) is 12.2 Å². The Morgan fingerprint density at radius 3 is 2.67 bits per heavy atom. The average Bonchev–Trinajstić information content (AvgIpc) is 2.70. The van der Waals surface area contributed by atoms with Crippen molar-refractivity contribution in [1.82, 2.24) is 5.32 Å². The summed E-state index contributed by atoms with van der Waals surface area (Å²) in [6, 6.07) is 5.13. The van der Waals surface area contributed by atoms with Crippen molar-refractivity contribution in [3.8, 4) is 0 Å². The van der Waals surface area contributed by atoms with Crippen LogP contribution in [0.2, 0.25) is 0 Å². The second kappa shape index (κ2) is 6.59. The fraction of sp³-hybridized carbons (Fsp3) is 0.385. The van der Waals surface area contributed by atoms with Gasteiger partial charge in [0.05, 0.1) is 0 Å². The normalized spacial score (nSPS) is 14.5. The molecule has 15 heavy (non-hydrogen) atoms. The molecule has 2 atom stereocenters. The van der Waals surface area contributed by atoms with Crippen LogP contribution in [0.4, 0.5) is 0 Å². The summed E-state index contributed by atoms with van der Waals surface area (Å²) in [4.78, 5) is 1.38. The summed E-state index contributed by atoms with van der Waals surface area (Å²) >= 11 is 1.79. The summed E-state index contributed by atoms with van der Waals surface area (Å²) in [5, 5.41) is 5.71. The van der Waals surface area contributed by atoms with Crippen molar-refractivity contribution in [2.45, 2.75) is 31.8 Å². The van der Waals surface area contributed by atoms with Gasteiger partial charge in [-0.2, -0.15) is 0 Å². The molecule has 0 aliphatic rings. The van der Waals surface area contributed by atoms with Crippen molar-refractivity contribution >= 4 is 11.3 Å². The second-order valence-electron chi connectivity index (χ2n) is 3.68. The lowest BCUT2D eigenvalue weighted by atomic mass is 10.1. The highest BCUT2D eigenvalue weighted by molar-refractivity contribution is 7.10. The predicted octanol–water partition coefficient (Wildman–Crippen LogP) is 3.92. The van der Waals surface area contributed by atoms with Gasteiger partial charge in [0.1, 0.15) is 0 Å². The number of rotatable bonds is 7. The molecule has 1 nitrogen and oxygen atoms in total. The third-order valence-corrected chi connectivity index (χ3v) is 3.28. The Hall–Kier alpha value is -0.860. The fourth-order valence-electron chi connectivity index (χ4n) is 1.58. The maximum Gasteiger partial charge on any atom is 0.0451 e. The zero-order valence-electron chi connectivity index (χ0n) is 9.28. The van der Waals surface area contributed by atoms with E-state index in [2.05, 4.69) is 42.9 Å². The van der Waals surface area contributed by atoms with Gasteiger partial charge in [-0.25, -0.2) is 0 Å². The Labute approximate surface area is 96.5 Å². The van der Waals surface area contributed by atoms with Crippen molar-refractivity contribution in [3.63, 3.8) is 0 Å². The first-order valence-electron chi connectivity index (χ1n) is 5.29. The van der Waals surface area contributed by atoms with Gasteiger partial charge < -0.3 is 5.32 Å². The molecule has 0 radical (unpaired) electrons. The summed E-state index contributed by atoms with van der Waals surface area (Å²) in [5.74, 6) is 0. The summed E-state index contributed by atoms with van der Waals surface area (Å²) in [7, 11) is 0. The molecule has 0 bridgehead atoms. The highest BCUT2D eigenvalue weighted by Crippen LogP contribution is 2.23. The molecule has 2 unspecified atom stereocenters. The smallest absolute Gasteiger partial charge is 0.0451 e. The average molecular weight is 221 g/mol. The molecule has 1 N–H and O–H groups in total. The zero-order chi connectivity index (χ0) is 11.1. The van der Waals surface area contributed by atoms with Crippen LogP contribution in [0.25, 0.3) is 0 Å². The first kappa shape index (κ1) is 12.2. The lowest BCUT2D eigenvalue weighted by molar-refractivity contribution is 0.465. The fourth-order valence-corrected chi connectivity index (χ4v) is 2.38. The van der Waals surface area contributed by atoms with Crippen LogP contribution in [0.1, 0.15) is 30.7 Å². The van der Waals surface area contributed by atoms with Gasteiger partial charge in [0.25, 0.3) is 0 Å². The lowest BCUT2D eigenvalue weighted by Gasteiger charge is -2.20. The molecular formula is C13H19NS. The summed E-state index contributed by atoms with van der Waals surface area (Å²) in [6.07, 6.45) is 5.90. The zero-order valence-corrected chi connectivity index (χ0v) is 10.1. The Balaban J connectivity index is 2.58. The molecule has 0 aliphatic carbocycles. The Bertz CT molecular complexity index is 289. The molecule has 0 saturated heterocycles. The van der Waals surface area contributed by atoms with Gasteiger partial charge in [-0.3, -0.25) is 0 Å². The van der Waals surface area contributed by atoms with Gasteiger partial charge >= 0.3 is 0 Å². The van der Waals surface area contributed by atoms with Crippen molar-refractivity contribution in [2.24, 2.45) is 0 Å². The maximum absolute atomic E-state index is 3.81. The highest BCUT2D eigenvalue weighted by Gasteiger charge is 2.12. The van der Waals surface area contributed by atoms with Crippen LogP contribution in [0.3, 0.4) is 0 Å². The van der Waals surface area contributed by atoms with Crippen LogP contribution < -0.4 is 5.32 Å². The predicted molar refractivity (Wildman–Crippen MR) is 69.3 cm³/mol. The van der Waals surface area contributed by atoms with Crippen molar-refractivity contribution in [1.29, 1.82) is 0 Å². The minimum absolute atomic E-state index is 0.400. The Morgan fingerprint density at radius 1 is 1.40 bits per heavy atom. The summed E-state index contributed by atoms with van der Waals surface area (Å²) in [6.45, 7) is 9.75. The summed E-state index contributed by atoms with van der Waals surface area (Å²) < 4.78 is 0. The van der Waals surface area contributed by atoms with E-state index in [0.717, 1.165) is 12.8 Å². The third kappa shape index (κ3) is 4.02. The molecule has 0 saturated carbocycles. The largest absolute Gasteiger partial charge is 0.306 e. The molecule has 1 heterocycles. The van der Waals surface area contributed by atoms with Crippen LogP contribution in [-0.4, -0.2) is 6.04 Å². The molecule has 0 aromatic carbocycles. The lowest BCUT2D eigenvalue weighted by Crippen LogP contribution is -2.29. The van der Waals surface area contributed by atoms with Gasteiger partial charge in [0.2, 0.25) is 0 Å². The monoisotopic (exact) mass is 221 g/mol. The molecule has 82 valence electrons. The Kier molecular flexibility index (Phi) is 5.37. The first-order valence-corrected chi connectivity index (χ1v) is 6.17. The van der Waals surface area contributed by atoms with Gasteiger partial charge in [-0.1, -0.05) is 18.2 Å². The minimum atomic E-state index is 0.400. The topological polar surface area (TPSA) is 12.0 Å². The molecule has 1 aromatic rings. The van der Waals surface area contributed by atoms with Gasteiger partial charge in [0, 0.05) is 17.0 Å². The second-order valence-corrected chi connectivity index (χ2v) is 4.66. The van der Waals surface area contributed by atoms with Crippen LogP contribution >= 0.6 is 11.3 Å². The van der Waals surface area contributed by atoms with E-state index in [1.54, 1.807) is 11.3 Å². The maximum atomic E-state index is 3.81. The van der Waals surface area contributed by atoms with Crippen LogP contribution in [0.5, 0.6) is 0 Å². The van der Waals surface area contributed by atoms with E-state index in [4.69, 9.17) is 0 Å². The van der Waals surface area contributed by atoms with Crippen molar-refractivity contribution in [2.75, 3.05) is 0 Å². The third-order valence-electron chi connectivity index (χ3n) is 2.29. The number of nitrogens with one attached hydrogen (secondary N) is 1. The van der Waals surface area contributed by atoms with E-state index < -0.39 is 0 Å². The minimum Gasteiger partial charge on any atom is -0.306 e. The highest BCUT2D eigenvalue weighted by atomic mass is 32.1. The van der Waals surface area contributed by atoms with Gasteiger partial charge in [-0.05, 0) is 31.2 Å². The van der Waals surface area contributed by atoms with E-state index in [-0.39, 0.29) is 0 Å². The standard InChI is InChI=1S/C13H19NS/c1-4-7-11(3)14-12(8-5-2)13-9-6-10-15-13/h4-6,9-12,14H,1-2,7-8H2,3H3. The van der Waals surface area contributed by atoms with E-state index in [0.29, 0.717) is 12.1 Å². The molecule has 0 fully saturated rings. The number of hydrogen-bond acceptors (Lipinski definition) is 2. The van der Waals surface area contributed by atoms with Crippen LogP contribution in [0.15, 0.2) is 42.8 Å². The quantitative estimate of drug-likeness (QED) is 0.688. The number of hydrogen-bond donors (Lipinski definition) is 1. The molecule has 2 heteroatoms. The number of thiophene rings is 1. The first-order chi connectivity index (χ1) is 7.27. The van der Waals surface area contributed by atoms with Crippen LogP contribution in [0, 0.1) is 0 Å². The van der Waals surface area contributed by atoms with Crippen LogP contribution in [-0.2, 0) is 0 Å². The molecule has 0 amide bonds. The summed E-state index contributed by atoms with van der Waals surface area (Å²) in [5.41, 5.74) is 0. The van der Waals surface area contributed by atoms with E-state index in [1.165, 1.54) is 4.88 Å². The van der Waals surface area contributed by atoms with Crippen molar-refractivity contribution in [3.05, 3.63) is 47.7 Å². The molecule has 1 aromatic heterocycles. The van der Waals surface area contributed by atoms with E-state index >= 15 is 0 Å². The molecule has 1 rings (SSSR count). The van der Waals surface area contributed by atoms with Gasteiger partial charge in [-0.15, -0.1) is 24.5 Å². The van der Waals surface area contributed by atoms with E-state index in [9.17, 15) is 0 Å². The molecular weight excluding hydrogens is 202 g/mol. The molecule has 0 aliphatic heterocycles. The SMILES string of the molecule is C=CCC(C)NC(CC=C)c1cccs1. The van der Waals surface area contributed by atoms with Crippen molar-refractivity contribution < 1.29 is 0 Å².